The molecule has 4 heteroatoms. The smallest absolute Gasteiger partial charge is 0.240 e. The van der Waals surface area contributed by atoms with E-state index in [1.165, 1.54) is 4.90 Å². The fourth-order valence-electron chi connectivity index (χ4n) is 3.68. The van der Waals surface area contributed by atoms with Gasteiger partial charge in [-0.15, -0.1) is 0 Å². The lowest BCUT2D eigenvalue weighted by atomic mass is 9.73. The summed E-state index contributed by atoms with van der Waals surface area (Å²) in [4.78, 5) is 26.7. The van der Waals surface area contributed by atoms with E-state index in [1.54, 1.807) is 19.1 Å². The number of anilines is 1. The molecule has 3 rings (SSSR count). The number of imide groups is 1. The number of hydrogen-bond acceptors (Lipinski definition) is 3. The molecule has 1 aliphatic heterocycles. The van der Waals surface area contributed by atoms with Gasteiger partial charge in [0.2, 0.25) is 11.8 Å². The fourth-order valence-corrected chi connectivity index (χ4v) is 3.68. The molecule has 4 nitrogen and oxygen atoms in total. The van der Waals surface area contributed by atoms with E-state index >= 15 is 0 Å². The number of phenolic OH excluding ortho intramolecular Hbond substituents is 1. The van der Waals surface area contributed by atoms with Gasteiger partial charge in [0, 0.05) is 6.42 Å². The summed E-state index contributed by atoms with van der Waals surface area (Å²) in [5, 5.41) is 9.75. The van der Waals surface area contributed by atoms with Crippen molar-refractivity contribution in [2.75, 3.05) is 4.90 Å². The first kappa shape index (κ1) is 14.1. The molecule has 1 aromatic rings. The molecular weight excluding hydrogens is 266 g/mol. The van der Waals surface area contributed by atoms with Gasteiger partial charge in [-0.2, -0.15) is 0 Å². The van der Waals surface area contributed by atoms with Crippen molar-refractivity contribution in [3.05, 3.63) is 23.3 Å². The van der Waals surface area contributed by atoms with Crippen LogP contribution in [-0.2, 0) is 9.59 Å². The van der Waals surface area contributed by atoms with Crippen molar-refractivity contribution in [3.63, 3.8) is 0 Å². The van der Waals surface area contributed by atoms with Gasteiger partial charge in [0.05, 0.1) is 11.1 Å². The molecular formula is C17H21NO3. The molecule has 21 heavy (non-hydrogen) atoms. The Bertz CT molecular complexity index is 615. The maximum atomic E-state index is 12.9. The van der Waals surface area contributed by atoms with E-state index in [2.05, 4.69) is 0 Å². The van der Waals surface area contributed by atoms with Gasteiger partial charge >= 0.3 is 0 Å². The minimum Gasteiger partial charge on any atom is -0.508 e. The normalized spacial score (nSPS) is 21.3. The van der Waals surface area contributed by atoms with E-state index in [0.29, 0.717) is 17.7 Å². The van der Waals surface area contributed by atoms with E-state index in [1.807, 2.05) is 6.92 Å². The van der Waals surface area contributed by atoms with Gasteiger partial charge in [0.15, 0.2) is 0 Å². The molecule has 2 amide bonds. The highest BCUT2D eigenvalue weighted by atomic mass is 16.3. The Morgan fingerprint density at radius 1 is 1.05 bits per heavy atom. The van der Waals surface area contributed by atoms with Crippen LogP contribution in [0, 0.1) is 19.3 Å². The quantitative estimate of drug-likeness (QED) is 0.807. The number of amides is 2. The zero-order valence-electron chi connectivity index (χ0n) is 12.6. The zero-order chi connectivity index (χ0) is 15.2. The summed E-state index contributed by atoms with van der Waals surface area (Å²) < 4.78 is 0. The Kier molecular flexibility index (Phi) is 3.27. The molecule has 1 aliphatic carbocycles. The van der Waals surface area contributed by atoms with Crippen LogP contribution in [0.15, 0.2) is 12.1 Å². The first-order valence-electron chi connectivity index (χ1n) is 7.62. The summed E-state index contributed by atoms with van der Waals surface area (Å²) in [6.07, 6.45) is 5.20. The Morgan fingerprint density at radius 3 is 2.38 bits per heavy atom. The first-order valence-corrected chi connectivity index (χ1v) is 7.62. The highest BCUT2D eigenvalue weighted by Gasteiger charge is 2.52. The average Bonchev–Trinajstić information content (AvgIpc) is 2.67. The van der Waals surface area contributed by atoms with Crippen LogP contribution in [-0.4, -0.2) is 16.9 Å². The van der Waals surface area contributed by atoms with E-state index in [4.69, 9.17) is 0 Å². The number of carbonyl (C=O) groups excluding carboxylic acids is 2. The Labute approximate surface area is 124 Å². The van der Waals surface area contributed by atoms with Crippen molar-refractivity contribution in [2.45, 2.75) is 52.4 Å². The Morgan fingerprint density at radius 2 is 1.71 bits per heavy atom. The lowest BCUT2D eigenvalue weighted by Gasteiger charge is -2.30. The van der Waals surface area contributed by atoms with Gasteiger partial charge in [-0.25, -0.2) is 4.90 Å². The van der Waals surface area contributed by atoms with Gasteiger partial charge in [-0.05, 0) is 49.9 Å². The van der Waals surface area contributed by atoms with Crippen molar-refractivity contribution in [3.8, 4) is 5.75 Å². The average molecular weight is 287 g/mol. The predicted molar refractivity (Wildman–Crippen MR) is 80.2 cm³/mol. The number of rotatable bonds is 1. The van der Waals surface area contributed by atoms with E-state index in [0.717, 1.165) is 37.7 Å². The predicted octanol–water partition coefficient (Wildman–Crippen LogP) is 3.22. The van der Waals surface area contributed by atoms with Crippen LogP contribution in [0.1, 0.15) is 49.7 Å². The minimum absolute atomic E-state index is 0.0413. The van der Waals surface area contributed by atoms with Crippen LogP contribution in [0.2, 0.25) is 0 Å². The molecule has 1 aromatic carbocycles. The molecule has 112 valence electrons. The van der Waals surface area contributed by atoms with E-state index < -0.39 is 5.41 Å². The number of aryl methyl sites for hydroxylation is 2. The van der Waals surface area contributed by atoms with Gasteiger partial charge < -0.3 is 5.11 Å². The van der Waals surface area contributed by atoms with Gasteiger partial charge in [-0.3, -0.25) is 9.59 Å². The Balaban J connectivity index is 2.01. The molecule has 1 N–H and O–H groups in total. The highest BCUT2D eigenvalue weighted by Crippen LogP contribution is 2.47. The summed E-state index contributed by atoms with van der Waals surface area (Å²) in [6.45, 7) is 3.60. The molecule has 0 radical (unpaired) electrons. The van der Waals surface area contributed by atoms with Crippen LogP contribution in [0.5, 0.6) is 5.75 Å². The standard InChI is InChI=1S/C17H21NO3/c1-11-9-14(19)12(2)8-13(11)18-15(20)10-17(16(18)21)6-4-3-5-7-17/h8-9,19H,3-7,10H2,1-2H3. The maximum Gasteiger partial charge on any atom is 0.240 e. The topological polar surface area (TPSA) is 57.6 Å². The minimum atomic E-state index is -0.465. The molecule has 2 fully saturated rings. The number of hydrogen-bond donors (Lipinski definition) is 1. The Hall–Kier alpha value is -1.84. The second-order valence-electron chi connectivity index (χ2n) is 6.48. The summed E-state index contributed by atoms with van der Waals surface area (Å²) in [7, 11) is 0. The van der Waals surface area contributed by atoms with Crippen LogP contribution in [0.25, 0.3) is 0 Å². The molecule has 2 aliphatic rings. The molecule has 0 bridgehead atoms. The SMILES string of the molecule is Cc1cc(N2C(=O)CC3(CCCCC3)C2=O)c(C)cc1O. The van der Waals surface area contributed by atoms with Crippen LogP contribution >= 0.6 is 0 Å². The molecule has 1 saturated heterocycles. The molecule has 0 aromatic heterocycles. The van der Waals surface area contributed by atoms with Crippen molar-refractivity contribution in [2.24, 2.45) is 5.41 Å². The van der Waals surface area contributed by atoms with Crippen molar-refractivity contribution in [1.82, 2.24) is 0 Å². The van der Waals surface area contributed by atoms with Crippen LogP contribution in [0.3, 0.4) is 0 Å². The maximum absolute atomic E-state index is 12.9. The summed E-state index contributed by atoms with van der Waals surface area (Å²) in [6, 6.07) is 3.36. The first-order chi connectivity index (χ1) is 9.94. The third-order valence-electron chi connectivity index (χ3n) is 4.96. The highest BCUT2D eigenvalue weighted by molar-refractivity contribution is 6.23. The van der Waals surface area contributed by atoms with Crippen LogP contribution < -0.4 is 4.90 Å². The van der Waals surface area contributed by atoms with Gasteiger partial charge in [0.25, 0.3) is 0 Å². The second-order valence-corrected chi connectivity index (χ2v) is 6.48. The molecule has 0 atom stereocenters. The second kappa shape index (κ2) is 4.86. The number of carbonyl (C=O) groups is 2. The van der Waals surface area contributed by atoms with Crippen molar-refractivity contribution < 1.29 is 14.7 Å². The van der Waals surface area contributed by atoms with E-state index in [9.17, 15) is 14.7 Å². The lowest BCUT2D eigenvalue weighted by Crippen LogP contribution is -2.37. The van der Waals surface area contributed by atoms with E-state index in [-0.39, 0.29) is 17.6 Å². The monoisotopic (exact) mass is 287 g/mol. The van der Waals surface area contributed by atoms with Gasteiger partial charge in [0.1, 0.15) is 5.75 Å². The largest absolute Gasteiger partial charge is 0.508 e. The molecule has 1 heterocycles. The number of phenols is 1. The fraction of sp³-hybridized carbons (Fsp3) is 0.529. The van der Waals surface area contributed by atoms with Crippen LogP contribution in [0.4, 0.5) is 5.69 Å². The number of nitrogens with zero attached hydrogens (tertiary/aromatic N) is 1. The summed E-state index contributed by atoms with van der Waals surface area (Å²) in [5.41, 5.74) is 1.60. The summed E-state index contributed by atoms with van der Waals surface area (Å²) >= 11 is 0. The zero-order valence-corrected chi connectivity index (χ0v) is 12.6. The molecule has 0 unspecified atom stereocenters. The number of benzene rings is 1. The third kappa shape index (κ3) is 2.13. The number of aromatic hydroxyl groups is 1. The molecule has 1 saturated carbocycles. The molecule has 1 spiro atoms. The van der Waals surface area contributed by atoms with Crippen molar-refractivity contribution >= 4 is 17.5 Å². The van der Waals surface area contributed by atoms with Crippen molar-refractivity contribution in [1.29, 1.82) is 0 Å². The third-order valence-corrected chi connectivity index (χ3v) is 4.96. The summed E-state index contributed by atoms with van der Waals surface area (Å²) in [5.74, 6) is 0.0539. The lowest BCUT2D eigenvalue weighted by molar-refractivity contribution is -0.127. The van der Waals surface area contributed by atoms with Gasteiger partial charge in [-0.1, -0.05) is 19.3 Å².